The molecule has 0 saturated heterocycles. The number of anilines is 1. The Labute approximate surface area is 239 Å². The molecule has 5 rings (SSSR count). The molecule has 8 nitrogen and oxygen atoms in total. The summed E-state index contributed by atoms with van der Waals surface area (Å²) < 4.78 is 109. The number of hydrogen-bond acceptors (Lipinski definition) is 4. The highest BCUT2D eigenvalue weighted by molar-refractivity contribution is 6.31. The predicted molar refractivity (Wildman–Crippen MR) is 134 cm³/mol. The number of imidazole rings is 1. The number of halogens is 9. The van der Waals surface area contributed by atoms with Crippen molar-refractivity contribution in [2.24, 2.45) is 7.05 Å². The van der Waals surface area contributed by atoms with Crippen molar-refractivity contribution in [2.45, 2.75) is 24.6 Å². The Hall–Kier alpha value is -4.44. The lowest BCUT2D eigenvalue weighted by atomic mass is 9.91. The maximum absolute atomic E-state index is 14.2. The first-order valence-corrected chi connectivity index (χ1v) is 12.2. The summed E-state index contributed by atoms with van der Waals surface area (Å²) >= 11 is 6.17. The van der Waals surface area contributed by atoms with Gasteiger partial charge in [-0.15, -0.1) is 0 Å². The van der Waals surface area contributed by atoms with Gasteiger partial charge in [-0.3, -0.25) is 18.7 Å². The standard InChI is InChI=1S/C26H15ClF8N4O4/c1-38-20-17(39(23(38)42)9-24(30,31)32)8-16(36-21(40)10-4-11(26(33,34)35)6-13(29)5-10)19-18(20)22(41)37-25(19,43)14-7-12(28)2-3-15(14)27/h2-8,43H,9H2,1H3,(H,36,40)(H,37,41). The molecule has 1 unspecified atom stereocenters. The van der Waals surface area contributed by atoms with Gasteiger partial charge in [0.2, 0.25) is 0 Å². The van der Waals surface area contributed by atoms with Gasteiger partial charge in [-0.25, -0.2) is 13.6 Å². The summed E-state index contributed by atoms with van der Waals surface area (Å²) in [4.78, 5) is 39.3. The van der Waals surface area contributed by atoms with Gasteiger partial charge in [-0.2, -0.15) is 26.3 Å². The van der Waals surface area contributed by atoms with E-state index in [9.17, 15) is 54.6 Å². The van der Waals surface area contributed by atoms with E-state index in [0.29, 0.717) is 16.7 Å². The van der Waals surface area contributed by atoms with Gasteiger partial charge in [0, 0.05) is 28.8 Å². The molecule has 0 aliphatic carbocycles. The largest absolute Gasteiger partial charge is 0.416 e. The van der Waals surface area contributed by atoms with Gasteiger partial charge in [0.1, 0.15) is 18.2 Å². The van der Waals surface area contributed by atoms with Crippen molar-refractivity contribution in [3.8, 4) is 0 Å². The molecule has 2 amide bonds. The van der Waals surface area contributed by atoms with Crippen molar-refractivity contribution in [3.63, 3.8) is 0 Å². The fraction of sp³-hybridized carbons (Fsp3) is 0.192. The number of carbonyl (C=O) groups is 2. The number of rotatable bonds is 4. The molecule has 3 aromatic carbocycles. The summed E-state index contributed by atoms with van der Waals surface area (Å²) in [6.07, 6.45) is -10.0. The summed E-state index contributed by atoms with van der Waals surface area (Å²) in [7, 11) is 1.03. The zero-order chi connectivity index (χ0) is 31.8. The number of benzene rings is 3. The molecule has 0 bridgehead atoms. The van der Waals surface area contributed by atoms with Gasteiger partial charge in [0.25, 0.3) is 11.8 Å². The van der Waals surface area contributed by atoms with Crippen LogP contribution in [0.2, 0.25) is 5.02 Å². The molecule has 43 heavy (non-hydrogen) atoms. The van der Waals surface area contributed by atoms with E-state index in [1.165, 1.54) is 0 Å². The van der Waals surface area contributed by atoms with Gasteiger partial charge in [0.05, 0.1) is 27.8 Å². The number of alkyl halides is 6. The van der Waals surface area contributed by atoms with Crippen LogP contribution in [0.25, 0.3) is 11.0 Å². The van der Waals surface area contributed by atoms with Crippen LogP contribution in [0.15, 0.2) is 47.3 Å². The van der Waals surface area contributed by atoms with E-state index >= 15 is 0 Å². The monoisotopic (exact) mass is 634 g/mol. The van der Waals surface area contributed by atoms with E-state index in [2.05, 4.69) is 10.6 Å². The van der Waals surface area contributed by atoms with Crippen molar-refractivity contribution in [2.75, 3.05) is 5.32 Å². The maximum Gasteiger partial charge on any atom is 0.416 e. The number of aryl methyl sites for hydroxylation is 1. The summed E-state index contributed by atoms with van der Waals surface area (Å²) in [6.45, 7) is -1.85. The van der Waals surface area contributed by atoms with Gasteiger partial charge >= 0.3 is 18.0 Å². The highest BCUT2D eigenvalue weighted by Crippen LogP contribution is 2.45. The molecule has 4 aromatic rings. The second kappa shape index (κ2) is 9.80. The van der Waals surface area contributed by atoms with Crippen molar-refractivity contribution >= 4 is 40.1 Å². The second-order valence-electron chi connectivity index (χ2n) is 9.55. The first kappa shape index (κ1) is 30.0. The molecule has 1 atom stereocenters. The molecule has 0 radical (unpaired) electrons. The van der Waals surface area contributed by atoms with E-state index in [0.717, 1.165) is 25.2 Å². The van der Waals surface area contributed by atoms with Crippen molar-refractivity contribution in [1.29, 1.82) is 0 Å². The zero-order valence-electron chi connectivity index (χ0n) is 21.2. The zero-order valence-corrected chi connectivity index (χ0v) is 22.0. The average Bonchev–Trinajstić information content (AvgIpc) is 3.29. The van der Waals surface area contributed by atoms with Gasteiger partial charge in [0.15, 0.2) is 5.72 Å². The lowest BCUT2D eigenvalue weighted by Gasteiger charge is -2.27. The van der Waals surface area contributed by atoms with Crippen molar-refractivity contribution in [3.05, 3.63) is 97.4 Å². The fourth-order valence-electron chi connectivity index (χ4n) is 4.96. The van der Waals surface area contributed by atoms with Gasteiger partial charge in [-0.05, 0) is 42.5 Å². The quantitative estimate of drug-likeness (QED) is 0.274. The van der Waals surface area contributed by atoms with E-state index in [1.54, 1.807) is 0 Å². The normalized spacial score (nSPS) is 16.9. The number of aromatic nitrogens is 2. The summed E-state index contributed by atoms with van der Waals surface area (Å²) in [5, 5.41) is 15.6. The third kappa shape index (κ3) is 5.09. The van der Waals surface area contributed by atoms with Crippen LogP contribution >= 0.6 is 11.6 Å². The summed E-state index contributed by atoms with van der Waals surface area (Å²) in [6, 6.07) is 4.23. The van der Waals surface area contributed by atoms with Crippen LogP contribution in [0, 0.1) is 11.6 Å². The third-order valence-electron chi connectivity index (χ3n) is 6.70. The lowest BCUT2D eigenvalue weighted by molar-refractivity contribution is -0.140. The number of nitrogens with one attached hydrogen (secondary N) is 2. The molecule has 226 valence electrons. The molecular formula is C26H15ClF8N4O4. The fourth-order valence-corrected chi connectivity index (χ4v) is 5.21. The van der Waals surface area contributed by atoms with Gasteiger partial charge in [-0.1, -0.05) is 11.6 Å². The first-order chi connectivity index (χ1) is 19.8. The number of carbonyl (C=O) groups excluding carboxylic acids is 2. The minimum atomic E-state index is -5.07. The topological polar surface area (TPSA) is 105 Å². The molecule has 17 heteroatoms. The SMILES string of the molecule is Cn1c(=O)n(CC(F)(F)F)c2cc(NC(=O)c3cc(F)cc(C(F)(F)F)c3)c3c(c21)C(=O)NC3(O)c1cc(F)ccc1Cl. The number of amides is 2. The van der Waals surface area contributed by atoms with Crippen molar-refractivity contribution < 1.29 is 49.8 Å². The Bertz CT molecular complexity index is 1910. The molecule has 1 aliphatic heterocycles. The molecule has 1 aromatic heterocycles. The van der Waals surface area contributed by atoms with E-state index in [1.807, 2.05) is 0 Å². The Morgan fingerprint density at radius 3 is 2.33 bits per heavy atom. The van der Waals surface area contributed by atoms with Crippen molar-refractivity contribution in [1.82, 2.24) is 14.5 Å². The van der Waals surface area contributed by atoms with E-state index in [-0.39, 0.29) is 21.7 Å². The van der Waals surface area contributed by atoms with E-state index in [4.69, 9.17) is 11.6 Å². The molecule has 0 spiro atoms. The van der Waals surface area contributed by atoms with Crippen LogP contribution in [-0.4, -0.2) is 32.2 Å². The number of fused-ring (bicyclic) bond motifs is 3. The number of nitrogens with zero attached hydrogens (tertiary/aromatic N) is 2. The lowest BCUT2D eigenvalue weighted by Crippen LogP contribution is -2.41. The van der Waals surface area contributed by atoms with Crippen LogP contribution in [0.5, 0.6) is 0 Å². The Kier molecular flexibility index (Phi) is 6.85. The number of hydrogen-bond donors (Lipinski definition) is 3. The van der Waals surface area contributed by atoms with Gasteiger partial charge < -0.3 is 15.7 Å². The Morgan fingerprint density at radius 1 is 1.02 bits per heavy atom. The van der Waals surface area contributed by atoms with Crippen LogP contribution in [-0.2, 0) is 25.5 Å². The van der Waals surface area contributed by atoms with Crippen LogP contribution in [0.3, 0.4) is 0 Å². The molecular weight excluding hydrogens is 620 g/mol. The second-order valence-corrected chi connectivity index (χ2v) is 9.96. The third-order valence-corrected chi connectivity index (χ3v) is 7.03. The van der Waals surface area contributed by atoms with Crippen LogP contribution in [0.4, 0.5) is 40.8 Å². The molecule has 0 fully saturated rings. The van der Waals surface area contributed by atoms with E-state index < -0.39 is 98.3 Å². The van der Waals surface area contributed by atoms with Crippen LogP contribution in [0.1, 0.15) is 37.4 Å². The number of aliphatic hydroxyl groups is 1. The Morgan fingerprint density at radius 2 is 1.70 bits per heavy atom. The maximum atomic E-state index is 14.2. The minimum Gasteiger partial charge on any atom is -0.363 e. The molecule has 3 N–H and O–H groups in total. The summed E-state index contributed by atoms with van der Waals surface area (Å²) in [5.41, 5.74) is -9.94. The average molecular weight is 635 g/mol. The molecule has 0 saturated carbocycles. The smallest absolute Gasteiger partial charge is 0.363 e. The Balaban J connectivity index is 1.82. The summed E-state index contributed by atoms with van der Waals surface area (Å²) in [5.74, 6) is -5.05. The molecule has 1 aliphatic rings. The van der Waals surface area contributed by atoms with Crippen LogP contribution < -0.4 is 16.3 Å². The minimum absolute atomic E-state index is 0.119. The highest BCUT2D eigenvalue weighted by Gasteiger charge is 2.49. The predicted octanol–water partition coefficient (Wildman–Crippen LogP) is 5.04. The first-order valence-electron chi connectivity index (χ1n) is 11.8. The molecule has 2 heterocycles. The highest BCUT2D eigenvalue weighted by atomic mass is 35.5.